The van der Waals surface area contributed by atoms with Crippen molar-refractivity contribution >= 4 is 0 Å². The molecule has 0 fully saturated rings. The van der Waals surface area contributed by atoms with Gasteiger partial charge in [-0.15, -0.1) is 0 Å². The Labute approximate surface area is 70.0 Å². The van der Waals surface area contributed by atoms with Crippen LogP contribution in [-0.2, 0) is 0 Å². The third-order valence-corrected chi connectivity index (χ3v) is 2.79. The molecule has 11 heavy (non-hydrogen) atoms. The lowest BCUT2D eigenvalue weighted by atomic mass is 9.81. The average Bonchev–Trinajstić information content (AvgIpc) is 1.94. The van der Waals surface area contributed by atoms with Gasteiger partial charge < -0.3 is 0 Å². The van der Waals surface area contributed by atoms with E-state index in [-0.39, 0.29) is 0 Å². The van der Waals surface area contributed by atoms with Crippen LogP contribution in [0.3, 0.4) is 0 Å². The molecule has 0 N–H and O–H groups in total. The Hall–Kier alpha value is -0.520. The molecular weight excluding hydrogens is 132 g/mol. The van der Waals surface area contributed by atoms with Gasteiger partial charge in [-0.2, -0.15) is 0 Å². The summed E-state index contributed by atoms with van der Waals surface area (Å²) in [6.45, 7) is 10.7. The van der Waals surface area contributed by atoms with Gasteiger partial charge >= 0.3 is 0 Å². The molecule has 0 nitrogen and oxygen atoms in total. The molecule has 0 aromatic carbocycles. The van der Waals surface area contributed by atoms with Gasteiger partial charge in [-0.3, -0.25) is 0 Å². The maximum Gasteiger partial charge on any atom is -0.00258 e. The molecular formula is C11H18. The standard InChI is InChI=1S/C11H18/c1-8(2)11-6-5-9(3)10(4)7-11/h7,9,11H,1,5-6H2,2-4H3. The van der Waals surface area contributed by atoms with E-state index in [4.69, 9.17) is 0 Å². The van der Waals surface area contributed by atoms with Crippen molar-refractivity contribution in [2.45, 2.75) is 33.6 Å². The lowest BCUT2D eigenvalue weighted by molar-refractivity contribution is 0.492. The van der Waals surface area contributed by atoms with Crippen LogP contribution in [0.5, 0.6) is 0 Å². The molecule has 0 aromatic rings. The number of hydrogen-bond donors (Lipinski definition) is 0. The van der Waals surface area contributed by atoms with E-state index in [0.717, 1.165) is 5.92 Å². The van der Waals surface area contributed by atoms with Gasteiger partial charge in [0, 0.05) is 0 Å². The van der Waals surface area contributed by atoms with Crippen molar-refractivity contribution in [1.82, 2.24) is 0 Å². The zero-order valence-electron chi connectivity index (χ0n) is 7.85. The average molecular weight is 150 g/mol. The minimum Gasteiger partial charge on any atom is -0.0995 e. The lowest BCUT2D eigenvalue weighted by Crippen LogP contribution is -2.10. The largest absolute Gasteiger partial charge is 0.0995 e. The molecule has 0 heteroatoms. The SMILES string of the molecule is C=C(C)C1C=C(C)C(C)CC1. The fraction of sp³-hybridized carbons (Fsp3) is 0.636. The molecule has 0 saturated carbocycles. The van der Waals surface area contributed by atoms with Gasteiger partial charge in [0.25, 0.3) is 0 Å². The molecule has 0 amide bonds. The highest BCUT2D eigenvalue weighted by Crippen LogP contribution is 2.30. The molecule has 0 bridgehead atoms. The van der Waals surface area contributed by atoms with Crippen molar-refractivity contribution in [1.29, 1.82) is 0 Å². The van der Waals surface area contributed by atoms with Crippen LogP contribution >= 0.6 is 0 Å². The zero-order chi connectivity index (χ0) is 8.43. The predicted octanol–water partition coefficient (Wildman–Crippen LogP) is 3.55. The molecule has 62 valence electrons. The van der Waals surface area contributed by atoms with E-state index in [2.05, 4.69) is 33.4 Å². The van der Waals surface area contributed by atoms with E-state index in [0.29, 0.717) is 5.92 Å². The third kappa shape index (κ3) is 1.95. The highest BCUT2D eigenvalue weighted by Gasteiger charge is 2.16. The topological polar surface area (TPSA) is 0 Å². The van der Waals surface area contributed by atoms with Gasteiger partial charge in [-0.05, 0) is 38.5 Å². The van der Waals surface area contributed by atoms with Crippen molar-refractivity contribution in [2.75, 3.05) is 0 Å². The summed E-state index contributed by atoms with van der Waals surface area (Å²) in [4.78, 5) is 0. The van der Waals surface area contributed by atoms with Crippen molar-refractivity contribution in [3.05, 3.63) is 23.8 Å². The first-order valence-electron chi connectivity index (χ1n) is 4.45. The first-order chi connectivity index (χ1) is 5.11. The Morgan fingerprint density at radius 2 is 2.18 bits per heavy atom. The van der Waals surface area contributed by atoms with Gasteiger partial charge in [-0.1, -0.05) is 30.7 Å². The van der Waals surface area contributed by atoms with Crippen molar-refractivity contribution < 1.29 is 0 Å². The summed E-state index contributed by atoms with van der Waals surface area (Å²) < 4.78 is 0. The molecule has 2 unspecified atom stereocenters. The molecule has 2 atom stereocenters. The second-order valence-corrected chi connectivity index (χ2v) is 3.84. The van der Waals surface area contributed by atoms with Crippen LogP contribution < -0.4 is 0 Å². The molecule has 0 aliphatic heterocycles. The molecule has 0 saturated heterocycles. The fourth-order valence-electron chi connectivity index (χ4n) is 1.61. The normalized spacial score (nSPS) is 31.4. The van der Waals surface area contributed by atoms with Crippen molar-refractivity contribution in [2.24, 2.45) is 11.8 Å². The smallest absolute Gasteiger partial charge is 0.00258 e. The Morgan fingerprint density at radius 3 is 2.64 bits per heavy atom. The monoisotopic (exact) mass is 150 g/mol. The summed E-state index contributed by atoms with van der Waals surface area (Å²) in [6, 6.07) is 0. The van der Waals surface area contributed by atoms with Gasteiger partial charge in [0.1, 0.15) is 0 Å². The van der Waals surface area contributed by atoms with Crippen molar-refractivity contribution in [3.63, 3.8) is 0 Å². The van der Waals surface area contributed by atoms with E-state index in [9.17, 15) is 0 Å². The molecule has 1 rings (SSSR count). The molecule has 1 aliphatic carbocycles. The Balaban J connectivity index is 2.69. The number of allylic oxidation sites excluding steroid dienone is 3. The van der Waals surface area contributed by atoms with E-state index >= 15 is 0 Å². The summed E-state index contributed by atoms with van der Waals surface area (Å²) in [6.07, 6.45) is 5.02. The Kier molecular flexibility index (Phi) is 2.53. The van der Waals surface area contributed by atoms with E-state index in [1.807, 2.05) is 0 Å². The minimum atomic E-state index is 0.659. The van der Waals surface area contributed by atoms with Gasteiger partial charge in [0.15, 0.2) is 0 Å². The maximum absolute atomic E-state index is 3.99. The first kappa shape index (κ1) is 8.58. The summed E-state index contributed by atoms with van der Waals surface area (Å²) in [5.74, 6) is 1.46. The second-order valence-electron chi connectivity index (χ2n) is 3.84. The van der Waals surface area contributed by atoms with Crippen LogP contribution in [0.4, 0.5) is 0 Å². The summed E-state index contributed by atoms with van der Waals surface area (Å²) in [7, 11) is 0. The predicted molar refractivity (Wildman–Crippen MR) is 50.5 cm³/mol. The lowest BCUT2D eigenvalue weighted by Gasteiger charge is -2.24. The van der Waals surface area contributed by atoms with Crippen LogP contribution in [0, 0.1) is 11.8 Å². The number of hydrogen-bond acceptors (Lipinski definition) is 0. The van der Waals surface area contributed by atoms with Crippen LogP contribution in [0.15, 0.2) is 23.8 Å². The van der Waals surface area contributed by atoms with E-state index in [1.54, 1.807) is 5.57 Å². The Bertz CT molecular complexity index is 186. The van der Waals surface area contributed by atoms with Gasteiger partial charge in [0.2, 0.25) is 0 Å². The van der Waals surface area contributed by atoms with E-state index < -0.39 is 0 Å². The zero-order valence-corrected chi connectivity index (χ0v) is 7.85. The summed E-state index contributed by atoms with van der Waals surface area (Å²) in [5, 5.41) is 0. The highest BCUT2D eigenvalue weighted by molar-refractivity contribution is 5.16. The summed E-state index contributed by atoms with van der Waals surface area (Å²) in [5.41, 5.74) is 2.86. The molecule has 0 aromatic heterocycles. The van der Waals surface area contributed by atoms with Gasteiger partial charge in [0.05, 0.1) is 0 Å². The molecule has 0 radical (unpaired) electrons. The summed E-state index contributed by atoms with van der Waals surface area (Å²) >= 11 is 0. The maximum atomic E-state index is 3.99. The van der Waals surface area contributed by atoms with Crippen LogP contribution in [0.1, 0.15) is 33.6 Å². The van der Waals surface area contributed by atoms with E-state index in [1.165, 1.54) is 18.4 Å². The Morgan fingerprint density at radius 1 is 1.55 bits per heavy atom. The molecule has 1 aliphatic rings. The molecule has 0 spiro atoms. The fourth-order valence-corrected chi connectivity index (χ4v) is 1.61. The first-order valence-corrected chi connectivity index (χ1v) is 4.45. The van der Waals surface area contributed by atoms with Crippen LogP contribution in [0.25, 0.3) is 0 Å². The van der Waals surface area contributed by atoms with Crippen LogP contribution in [0.2, 0.25) is 0 Å². The minimum absolute atomic E-state index is 0.659. The highest BCUT2D eigenvalue weighted by atomic mass is 14.2. The number of rotatable bonds is 1. The second kappa shape index (κ2) is 3.25. The van der Waals surface area contributed by atoms with Crippen LogP contribution in [-0.4, -0.2) is 0 Å². The van der Waals surface area contributed by atoms with Gasteiger partial charge in [-0.25, -0.2) is 0 Å². The third-order valence-electron chi connectivity index (χ3n) is 2.79. The molecule has 0 heterocycles. The van der Waals surface area contributed by atoms with Crippen molar-refractivity contribution in [3.8, 4) is 0 Å². The quantitative estimate of drug-likeness (QED) is 0.501.